The van der Waals surface area contributed by atoms with Crippen LogP contribution >= 0.6 is 0 Å². The van der Waals surface area contributed by atoms with Crippen molar-refractivity contribution in [2.24, 2.45) is 5.92 Å². The zero-order valence-corrected chi connectivity index (χ0v) is 9.51. The van der Waals surface area contributed by atoms with Crippen LogP contribution in [-0.4, -0.2) is 7.85 Å². The minimum atomic E-state index is 0.585. The highest BCUT2D eigenvalue weighted by Gasteiger charge is 2.02. The molecule has 14 heavy (non-hydrogen) atoms. The summed E-state index contributed by atoms with van der Waals surface area (Å²) in [6.45, 7) is 6.59. The first kappa shape index (κ1) is 11.4. The molecule has 1 aromatic rings. The van der Waals surface area contributed by atoms with E-state index in [9.17, 15) is 0 Å². The number of hydrogen-bond donors (Lipinski definition) is 0. The van der Waals surface area contributed by atoms with Crippen LogP contribution in [0.3, 0.4) is 0 Å². The molecule has 1 atom stereocenters. The topological polar surface area (TPSA) is 0 Å². The molecule has 0 N–H and O–H groups in total. The quantitative estimate of drug-likeness (QED) is 0.632. The van der Waals surface area contributed by atoms with E-state index in [0.29, 0.717) is 5.92 Å². The van der Waals surface area contributed by atoms with Gasteiger partial charge in [-0.05, 0) is 42.4 Å². The van der Waals surface area contributed by atoms with E-state index >= 15 is 0 Å². The number of hydrogen-bond acceptors (Lipinski definition) is 0. The molecule has 0 heterocycles. The predicted octanol–water partition coefficient (Wildman–Crippen LogP) is 3.32. The first-order chi connectivity index (χ1) is 6.67. The molecule has 0 amide bonds. The van der Waals surface area contributed by atoms with Gasteiger partial charge >= 0.3 is 0 Å². The zero-order valence-electron chi connectivity index (χ0n) is 9.51. The average Bonchev–Trinajstić information content (AvgIpc) is 2.18. The monoisotopic (exact) mass is 186 g/mol. The van der Waals surface area contributed by atoms with E-state index in [-0.39, 0.29) is 0 Å². The molecule has 1 unspecified atom stereocenters. The van der Waals surface area contributed by atoms with Crippen molar-refractivity contribution in [2.45, 2.75) is 39.9 Å². The second-order valence-electron chi connectivity index (χ2n) is 4.16. The van der Waals surface area contributed by atoms with Gasteiger partial charge in [-0.25, -0.2) is 0 Å². The normalized spacial score (nSPS) is 12.8. The SMILES string of the molecule is [B]CC(C)Cc1ccc(CC)c(C)c1. The van der Waals surface area contributed by atoms with E-state index in [4.69, 9.17) is 7.85 Å². The summed E-state index contributed by atoms with van der Waals surface area (Å²) >= 11 is 0. The molecule has 0 spiro atoms. The number of aryl methyl sites for hydroxylation is 2. The van der Waals surface area contributed by atoms with Gasteiger partial charge < -0.3 is 0 Å². The molecular weight excluding hydrogens is 167 g/mol. The van der Waals surface area contributed by atoms with Gasteiger partial charge in [0.25, 0.3) is 0 Å². The fourth-order valence-electron chi connectivity index (χ4n) is 1.77. The van der Waals surface area contributed by atoms with Crippen molar-refractivity contribution in [2.75, 3.05) is 0 Å². The lowest BCUT2D eigenvalue weighted by Gasteiger charge is -2.10. The Morgan fingerprint density at radius 2 is 2.07 bits per heavy atom. The van der Waals surface area contributed by atoms with Gasteiger partial charge in [0.2, 0.25) is 0 Å². The van der Waals surface area contributed by atoms with Crippen LogP contribution in [0.15, 0.2) is 18.2 Å². The molecule has 0 fully saturated rings. The van der Waals surface area contributed by atoms with Crippen LogP contribution in [0, 0.1) is 12.8 Å². The van der Waals surface area contributed by atoms with Gasteiger partial charge in [0.05, 0.1) is 7.85 Å². The third kappa shape index (κ3) is 2.90. The summed E-state index contributed by atoms with van der Waals surface area (Å²) in [5.74, 6) is 0.585. The van der Waals surface area contributed by atoms with E-state index in [1.165, 1.54) is 16.7 Å². The molecular formula is C13H19B. The van der Waals surface area contributed by atoms with Crippen molar-refractivity contribution in [3.05, 3.63) is 34.9 Å². The molecule has 74 valence electrons. The fraction of sp³-hybridized carbons (Fsp3) is 0.538. The Labute approximate surface area is 89.1 Å². The lowest BCUT2D eigenvalue weighted by molar-refractivity contribution is 0.646. The highest BCUT2D eigenvalue weighted by atomic mass is 14.1. The highest BCUT2D eigenvalue weighted by molar-refractivity contribution is 6.08. The van der Waals surface area contributed by atoms with E-state index in [1.54, 1.807) is 0 Å². The molecule has 1 aromatic carbocycles. The molecule has 0 nitrogen and oxygen atoms in total. The van der Waals surface area contributed by atoms with Crippen LogP contribution < -0.4 is 0 Å². The van der Waals surface area contributed by atoms with Crippen molar-refractivity contribution in [3.63, 3.8) is 0 Å². The van der Waals surface area contributed by atoms with Crippen molar-refractivity contribution >= 4 is 7.85 Å². The standard InChI is InChI=1S/C13H19B/c1-4-13-6-5-12(8-11(13)3)7-10(2)9-14/h5-6,8,10H,4,7,9H2,1-3H3. The maximum atomic E-state index is 5.61. The summed E-state index contributed by atoms with van der Waals surface area (Å²) in [6, 6.07) is 6.77. The van der Waals surface area contributed by atoms with Crippen molar-refractivity contribution in [1.29, 1.82) is 0 Å². The summed E-state index contributed by atoms with van der Waals surface area (Å²) in [5.41, 5.74) is 4.28. The third-order valence-electron chi connectivity index (χ3n) is 2.77. The lowest BCUT2D eigenvalue weighted by Crippen LogP contribution is -1.99. The van der Waals surface area contributed by atoms with E-state index in [2.05, 4.69) is 39.0 Å². The fourth-order valence-corrected chi connectivity index (χ4v) is 1.77. The summed E-state index contributed by atoms with van der Waals surface area (Å²) in [7, 11) is 5.61. The van der Waals surface area contributed by atoms with E-state index in [0.717, 1.165) is 19.2 Å². The third-order valence-corrected chi connectivity index (χ3v) is 2.77. The van der Waals surface area contributed by atoms with Gasteiger partial charge in [-0.15, -0.1) is 0 Å². The Kier molecular flexibility index (Phi) is 4.25. The van der Waals surface area contributed by atoms with Gasteiger partial charge in [-0.3, -0.25) is 0 Å². The minimum absolute atomic E-state index is 0.585. The first-order valence-electron chi connectivity index (χ1n) is 5.45. The Morgan fingerprint density at radius 1 is 1.36 bits per heavy atom. The van der Waals surface area contributed by atoms with Crippen LogP contribution in [0.25, 0.3) is 0 Å². The smallest absolute Gasteiger partial charge is 0.0656 e. The first-order valence-corrected chi connectivity index (χ1v) is 5.45. The van der Waals surface area contributed by atoms with Gasteiger partial charge in [0.1, 0.15) is 0 Å². The largest absolute Gasteiger partial charge is 0.0859 e. The summed E-state index contributed by atoms with van der Waals surface area (Å²) < 4.78 is 0. The van der Waals surface area contributed by atoms with Gasteiger partial charge in [0, 0.05) is 0 Å². The Hall–Kier alpha value is -0.715. The Balaban J connectivity index is 2.76. The van der Waals surface area contributed by atoms with Crippen molar-refractivity contribution in [1.82, 2.24) is 0 Å². The average molecular weight is 186 g/mol. The molecule has 0 aliphatic carbocycles. The lowest BCUT2D eigenvalue weighted by atomic mass is 9.87. The van der Waals surface area contributed by atoms with Gasteiger partial charge in [-0.2, -0.15) is 0 Å². The summed E-state index contributed by atoms with van der Waals surface area (Å²) in [4.78, 5) is 0. The van der Waals surface area contributed by atoms with Gasteiger partial charge in [-0.1, -0.05) is 38.4 Å². The number of benzene rings is 1. The summed E-state index contributed by atoms with van der Waals surface area (Å²) in [5, 5.41) is 0. The van der Waals surface area contributed by atoms with Crippen LogP contribution in [0.1, 0.15) is 30.5 Å². The molecule has 0 saturated heterocycles. The molecule has 0 aliphatic heterocycles. The molecule has 0 bridgehead atoms. The van der Waals surface area contributed by atoms with Crippen LogP contribution in [0.2, 0.25) is 6.32 Å². The molecule has 0 aliphatic rings. The predicted molar refractivity (Wildman–Crippen MR) is 64.0 cm³/mol. The molecule has 0 aromatic heterocycles. The van der Waals surface area contributed by atoms with Crippen LogP contribution in [-0.2, 0) is 12.8 Å². The molecule has 0 saturated carbocycles. The van der Waals surface area contributed by atoms with Crippen molar-refractivity contribution in [3.8, 4) is 0 Å². The van der Waals surface area contributed by atoms with E-state index in [1.807, 2.05) is 0 Å². The van der Waals surface area contributed by atoms with Crippen LogP contribution in [0.4, 0.5) is 0 Å². The highest BCUT2D eigenvalue weighted by Crippen LogP contribution is 2.16. The van der Waals surface area contributed by atoms with Gasteiger partial charge in [0.15, 0.2) is 0 Å². The second kappa shape index (κ2) is 5.24. The molecule has 2 radical (unpaired) electrons. The van der Waals surface area contributed by atoms with Crippen LogP contribution in [0.5, 0.6) is 0 Å². The Bertz CT molecular complexity index is 291. The Morgan fingerprint density at radius 3 is 2.57 bits per heavy atom. The van der Waals surface area contributed by atoms with Crippen molar-refractivity contribution < 1.29 is 0 Å². The van der Waals surface area contributed by atoms with E-state index < -0.39 is 0 Å². The molecule has 1 rings (SSSR count). The maximum Gasteiger partial charge on any atom is 0.0656 e. The molecule has 1 heteroatoms. The number of rotatable bonds is 4. The maximum absolute atomic E-state index is 5.61. The minimum Gasteiger partial charge on any atom is -0.0859 e. The second-order valence-corrected chi connectivity index (χ2v) is 4.16. The summed E-state index contributed by atoms with van der Waals surface area (Å²) in [6.07, 6.45) is 2.99. The zero-order chi connectivity index (χ0) is 10.6.